The molecule has 0 radical (unpaired) electrons. The Labute approximate surface area is 187 Å². The number of hydrogen-bond acceptors (Lipinski definition) is 7. The van der Waals surface area contributed by atoms with E-state index in [1.807, 2.05) is 58.0 Å². The van der Waals surface area contributed by atoms with E-state index in [0.29, 0.717) is 22.7 Å². The van der Waals surface area contributed by atoms with Crippen LogP contribution in [0, 0.1) is 0 Å². The van der Waals surface area contributed by atoms with Crippen LogP contribution in [0.2, 0.25) is 0 Å². The zero-order valence-corrected chi connectivity index (χ0v) is 19.0. The Kier molecular flexibility index (Phi) is 5.52. The fourth-order valence-electron chi connectivity index (χ4n) is 3.38. The number of pyridine rings is 1. The molecule has 32 heavy (non-hydrogen) atoms. The molecule has 0 spiro atoms. The SMILES string of the molecule is COc1nc(B2OC(C)(C)C(C)(C)O2)ccc1NC(=O)c1c(-c2ccccc2)nnn1C. The lowest BCUT2D eigenvalue weighted by molar-refractivity contribution is 0.00578. The molecule has 3 aromatic rings. The number of carbonyl (C=O) groups is 1. The molecule has 2 aromatic heterocycles. The van der Waals surface area contributed by atoms with E-state index in [9.17, 15) is 4.79 Å². The van der Waals surface area contributed by atoms with Crippen LogP contribution in [0.1, 0.15) is 38.2 Å². The van der Waals surface area contributed by atoms with Gasteiger partial charge < -0.3 is 19.4 Å². The summed E-state index contributed by atoms with van der Waals surface area (Å²) in [5.74, 6) is -0.123. The van der Waals surface area contributed by atoms with Gasteiger partial charge in [-0.05, 0) is 39.8 Å². The van der Waals surface area contributed by atoms with Crippen molar-refractivity contribution in [3.8, 4) is 17.1 Å². The summed E-state index contributed by atoms with van der Waals surface area (Å²) in [7, 11) is 2.53. The van der Waals surface area contributed by atoms with Gasteiger partial charge in [-0.1, -0.05) is 35.5 Å². The van der Waals surface area contributed by atoms with Crippen molar-refractivity contribution in [3.63, 3.8) is 0 Å². The van der Waals surface area contributed by atoms with Crippen LogP contribution in [0.3, 0.4) is 0 Å². The molecule has 10 heteroatoms. The maximum atomic E-state index is 13.1. The van der Waals surface area contributed by atoms with Gasteiger partial charge in [0, 0.05) is 12.6 Å². The molecule has 1 aliphatic heterocycles. The third kappa shape index (κ3) is 3.87. The molecule has 1 amide bonds. The van der Waals surface area contributed by atoms with Crippen molar-refractivity contribution in [1.29, 1.82) is 0 Å². The van der Waals surface area contributed by atoms with E-state index in [0.717, 1.165) is 5.56 Å². The van der Waals surface area contributed by atoms with Crippen LogP contribution in [0.15, 0.2) is 42.5 Å². The van der Waals surface area contributed by atoms with Gasteiger partial charge in [-0.25, -0.2) is 9.67 Å². The predicted molar refractivity (Wildman–Crippen MR) is 121 cm³/mol. The van der Waals surface area contributed by atoms with Gasteiger partial charge in [0.2, 0.25) is 5.88 Å². The van der Waals surface area contributed by atoms with Gasteiger partial charge in [-0.3, -0.25) is 4.79 Å². The smallest absolute Gasteiger partial charge is 0.480 e. The Morgan fingerprint density at radius 3 is 2.34 bits per heavy atom. The number of carbonyl (C=O) groups excluding carboxylic acids is 1. The maximum Gasteiger partial charge on any atom is 0.514 e. The largest absolute Gasteiger partial charge is 0.514 e. The zero-order valence-electron chi connectivity index (χ0n) is 19.0. The number of hydrogen-bond donors (Lipinski definition) is 1. The molecule has 166 valence electrons. The second-order valence-electron chi connectivity index (χ2n) is 8.61. The molecule has 1 N–H and O–H groups in total. The number of aryl methyl sites for hydroxylation is 1. The summed E-state index contributed by atoms with van der Waals surface area (Å²) in [5.41, 5.74) is 1.62. The van der Waals surface area contributed by atoms with Crippen molar-refractivity contribution in [2.75, 3.05) is 12.4 Å². The first kappa shape index (κ1) is 22.0. The predicted octanol–water partition coefficient (Wildman–Crippen LogP) is 2.44. The lowest BCUT2D eigenvalue weighted by Gasteiger charge is -2.32. The highest BCUT2D eigenvalue weighted by Gasteiger charge is 2.52. The molecule has 3 heterocycles. The number of amides is 1. The van der Waals surface area contributed by atoms with Crippen molar-refractivity contribution in [1.82, 2.24) is 20.0 Å². The number of benzene rings is 1. The van der Waals surface area contributed by atoms with Gasteiger partial charge in [0.05, 0.1) is 23.9 Å². The lowest BCUT2D eigenvalue weighted by atomic mass is 9.84. The molecule has 0 unspecified atom stereocenters. The molecule has 0 atom stereocenters. The average Bonchev–Trinajstić information content (AvgIpc) is 3.24. The fraction of sp³-hybridized carbons (Fsp3) is 0.364. The molecular formula is C22H26BN5O4. The van der Waals surface area contributed by atoms with Crippen LogP contribution in [0.25, 0.3) is 11.3 Å². The summed E-state index contributed by atoms with van der Waals surface area (Å²) in [6.07, 6.45) is 0. The minimum atomic E-state index is -0.635. The highest BCUT2D eigenvalue weighted by molar-refractivity contribution is 6.61. The first-order valence-corrected chi connectivity index (χ1v) is 10.3. The van der Waals surface area contributed by atoms with Crippen molar-refractivity contribution in [3.05, 3.63) is 48.2 Å². The van der Waals surface area contributed by atoms with Gasteiger partial charge in [-0.15, -0.1) is 5.10 Å². The van der Waals surface area contributed by atoms with Gasteiger partial charge in [0.25, 0.3) is 5.91 Å². The minimum absolute atomic E-state index is 0.252. The molecule has 1 aromatic carbocycles. The molecule has 0 saturated carbocycles. The lowest BCUT2D eigenvalue weighted by Crippen LogP contribution is -2.41. The van der Waals surface area contributed by atoms with Gasteiger partial charge in [-0.2, -0.15) is 0 Å². The highest BCUT2D eigenvalue weighted by Crippen LogP contribution is 2.36. The van der Waals surface area contributed by atoms with Crippen molar-refractivity contribution < 1.29 is 18.8 Å². The number of rotatable bonds is 5. The second kappa shape index (κ2) is 8.03. The summed E-state index contributed by atoms with van der Waals surface area (Å²) in [5, 5.41) is 11.0. The normalized spacial score (nSPS) is 16.8. The van der Waals surface area contributed by atoms with Crippen molar-refractivity contribution >= 4 is 24.3 Å². The van der Waals surface area contributed by atoms with Gasteiger partial charge in [0.15, 0.2) is 5.69 Å². The third-order valence-corrected chi connectivity index (χ3v) is 5.91. The van der Waals surface area contributed by atoms with E-state index < -0.39 is 18.3 Å². The first-order chi connectivity index (χ1) is 15.1. The van der Waals surface area contributed by atoms with Crippen molar-refractivity contribution in [2.45, 2.75) is 38.9 Å². The Morgan fingerprint density at radius 1 is 1.06 bits per heavy atom. The Hall–Kier alpha value is -3.24. The highest BCUT2D eigenvalue weighted by atomic mass is 16.7. The van der Waals surface area contributed by atoms with Crippen LogP contribution in [0.4, 0.5) is 5.69 Å². The van der Waals surface area contributed by atoms with E-state index >= 15 is 0 Å². The second-order valence-corrected chi connectivity index (χ2v) is 8.61. The van der Waals surface area contributed by atoms with Crippen molar-refractivity contribution in [2.24, 2.45) is 7.05 Å². The summed E-state index contributed by atoms with van der Waals surface area (Å²) in [6, 6.07) is 12.9. The van der Waals surface area contributed by atoms with E-state index in [1.54, 1.807) is 19.2 Å². The van der Waals surface area contributed by atoms with Gasteiger partial charge in [0.1, 0.15) is 11.4 Å². The Bertz CT molecular complexity index is 1130. The minimum Gasteiger partial charge on any atom is -0.480 e. The maximum absolute atomic E-state index is 13.1. The molecule has 1 saturated heterocycles. The number of methoxy groups -OCH3 is 1. The summed E-state index contributed by atoms with van der Waals surface area (Å²) < 4.78 is 19.0. The summed E-state index contributed by atoms with van der Waals surface area (Å²) in [6.45, 7) is 7.91. The quantitative estimate of drug-likeness (QED) is 0.615. The molecule has 0 bridgehead atoms. The summed E-state index contributed by atoms with van der Waals surface area (Å²) in [4.78, 5) is 17.6. The van der Waals surface area contributed by atoms with E-state index in [1.165, 1.54) is 11.8 Å². The monoisotopic (exact) mass is 435 g/mol. The van der Waals surface area contributed by atoms with E-state index in [2.05, 4.69) is 20.6 Å². The number of nitrogens with zero attached hydrogens (tertiary/aromatic N) is 4. The number of anilines is 1. The van der Waals surface area contributed by atoms with E-state index in [-0.39, 0.29) is 11.8 Å². The van der Waals surface area contributed by atoms with Gasteiger partial charge >= 0.3 is 7.12 Å². The fourth-order valence-corrected chi connectivity index (χ4v) is 3.38. The Morgan fingerprint density at radius 2 is 1.72 bits per heavy atom. The molecule has 1 fully saturated rings. The number of aromatic nitrogens is 4. The standard InChI is InChI=1S/C22H26BN5O4/c1-21(2)22(3,4)32-23(31-21)16-13-12-15(20(25-16)30-6)24-19(29)18-17(26-27-28(18)5)14-10-8-7-9-11-14/h7-13H,1-6H3,(H,24,29). The van der Waals surface area contributed by atoms with Crippen LogP contribution in [0.5, 0.6) is 5.88 Å². The van der Waals surface area contributed by atoms with E-state index in [4.69, 9.17) is 14.0 Å². The topological polar surface area (TPSA) is 100 Å². The zero-order chi connectivity index (χ0) is 23.1. The Balaban J connectivity index is 1.60. The van der Waals surface area contributed by atoms with Crippen LogP contribution in [-0.2, 0) is 16.4 Å². The number of nitrogens with one attached hydrogen (secondary N) is 1. The van der Waals surface area contributed by atoms with Crippen LogP contribution < -0.4 is 15.6 Å². The average molecular weight is 435 g/mol. The molecule has 1 aliphatic rings. The first-order valence-electron chi connectivity index (χ1n) is 10.3. The molecular weight excluding hydrogens is 409 g/mol. The molecule has 0 aliphatic carbocycles. The van der Waals surface area contributed by atoms with Crippen LogP contribution >= 0.6 is 0 Å². The summed E-state index contributed by atoms with van der Waals surface area (Å²) >= 11 is 0. The number of ether oxygens (including phenoxy) is 1. The third-order valence-electron chi connectivity index (χ3n) is 5.91. The molecule has 9 nitrogen and oxygen atoms in total. The van der Waals surface area contributed by atoms with Crippen LogP contribution in [-0.4, -0.2) is 51.3 Å². The molecule has 4 rings (SSSR count).